The number of aromatic carboxylic acids is 1. The lowest BCUT2D eigenvalue weighted by Gasteiger charge is -2.43. The molecule has 2 aliphatic rings. The summed E-state index contributed by atoms with van der Waals surface area (Å²) in [6.45, 7) is 0.852. The molecule has 2 unspecified atom stereocenters. The number of thiazole rings is 2. The van der Waals surface area contributed by atoms with Crippen LogP contribution in [0.15, 0.2) is 65.4 Å². The first-order valence-electron chi connectivity index (χ1n) is 17.5. The maximum absolute atomic E-state index is 13.1. The summed E-state index contributed by atoms with van der Waals surface area (Å²) in [7, 11) is 0. The van der Waals surface area contributed by atoms with Gasteiger partial charge in [0, 0.05) is 40.0 Å². The minimum atomic E-state index is -1.39. The number of carbonyl (C=O) groups excluding carboxylic acids is 2. The number of aromatic nitrogens is 2. The quantitative estimate of drug-likeness (QED) is 0.0812. The number of fused-ring (bicyclic) bond motifs is 1. The van der Waals surface area contributed by atoms with Gasteiger partial charge >= 0.3 is 11.9 Å². The van der Waals surface area contributed by atoms with Crippen LogP contribution in [0.5, 0.6) is 0 Å². The van der Waals surface area contributed by atoms with Gasteiger partial charge in [0.25, 0.3) is 5.91 Å². The standard InChI is InChI=1S/C19H20Cl2N2OS.C10H5Cl2NO2S.C7H5Cl2NS.C3H3BrO3.CH4/c20-14-8-3-7-13(17(14)21)18-22-15(11-25-18)19(24)23-10-4-6-12-5-1-2-9-16(12)23;11-6-3-1-2-5(8(6)12)9-13-7(4-16-9)10(14)15;8-5-3-1-2-4(6(5)9)7(10)11;4-1-2(5)3(6)7;/h3,7-8,11-12,16H,1-2,4-6,9-10H2;1-4H,(H,14,15);1-3H,(H2,10,11);1H2,(H,6,7);1H4. The van der Waals surface area contributed by atoms with Gasteiger partial charge in [0.05, 0.1) is 35.5 Å². The fraction of sp³-hybridized carbons (Fsp3) is 0.275. The zero-order chi connectivity index (χ0) is 43.4. The molecular formula is C40H37BrCl6N4O6S3. The van der Waals surface area contributed by atoms with E-state index in [-0.39, 0.29) is 29.3 Å². The van der Waals surface area contributed by atoms with Crippen molar-refractivity contribution in [3.05, 3.63) is 112 Å². The number of rotatable bonds is 7. The van der Waals surface area contributed by atoms with Crippen LogP contribution >= 0.6 is 120 Å². The Labute approximate surface area is 399 Å². The SMILES string of the molecule is C.NC(=S)c1cccc(Cl)c1Cl.O=C(O)C(=O)CBr.O=C(O)c1csc(-c2cccc(Cl)c2Cl)n1.O=C(c1csc(-c2cccc(Cl)c2Cl)n1)N1CCCC2CCCCC21. The van der Waals surface area contributed by atoms with Crippen LogP contribution in [0.4, 0.5) is 0 Å². The van der Waals surface area contributed by atoms with E-state index in [0.29, 0.717) is 63.9 Å². The Morgan fingerprint density at radius 3 is 1.70 bits per heavy atom. The highest BCUT2D eigenvalue weighted by Gasteiger charge is 2.36. The number of amides is 1. The molecule has 20 heteroatoms. The number of carboxylic acids is 2. The summed E-state index contributed by atoms with van der Waals surface area (Å²) in [5.41, 5.74) is 7.96. The second-order valence-corrected chi connectivity index (χ2v) is 17.7. The number of aliphatic carboxylic acids is 1. The molecule has 4 N–H and O–H groups in total. The molecule has 3 heterocycles. The Balaban J connectivity index is 0.000000236. The number of thiocarbonyl (C=S) groups is 1. The van der Waals surface area contributed by atoms with Gasteiger partial charge in [0.1, 0.15) is 20.7 Å². The van der Waals surface area contributed by atoms with E-state index in [1.807, 2.05) is 17.5 Å². The third-order valence-electron chi connectivity index (χ3n) is 8.89. The molecular weight excluding hydrogens is 1020 g/mol. The highest BCUT2D eigenvalue weighted by molar-refractivity contribution is 9.09. The van der Waals surface area contributed by atoms with Crippen molar-refractivity contribution in [3.63, 3.8) is 0 Å². The van der Waals surface area contributed by atoms with Gasteiger partial charge in [0.15, 0.2) is 5.69 Å². The second kappa shape index (κ2) is 24.7. The van der Waals surface area contributed by atoms with Crippen LogP contribution in [0.1, 0.15) is 72.5 Å². The van der Waals surface area contributed by atoms with Crippen LogP contribution in [0, 0.1) is 5.92 Å². The number of halogens is 7. The second-order valence-electron chi connectivity index (χ2n) is 12.7. The average Bonchev–Trinajstić information content (AvgIpc) is 3.92. The van der Waals surface area contributed by atoms with E-state index in [1.165, 1.54) is 53.7 Å². The lowest BCUT2D eigenvalue weighted by molar-refractivity contribution is -0.147. The van der Waals surface area contributed by atoms with Gasteiger partial charge in [0.2, 0.25) is 5.78 Å². The molecule has 7 rings (SSSR count). The van der Waals surface area contributed by atoms with Crippen molar-refractivity contribution in [1.82, 2.24) is 14.9 Å². The average molecular weight is 1060 g/mol. The van der Waals surface area contributed by atoms with Crippen LogP contribution < -0.4 is 5.73 Å². The molecule has 1 aliphatic heterocycles. The minimum Gasteiger partial charge on any atom is -0.476 e. The van der Waals surface area contributed by atoms with E-state index in [2.05, 4.69) is 30.8 Å². The van der Waals surface area contributed by atoms with E-state index in [9.17, 15) is 19.2 Å². The molecule has 3 aromatic carbocycles. The lowest BCUT2D eigenvalue weighted by atomic mass is 9.78. The number of nitrogens with zero attached hydrogens (tertiary/aromatic N) is 3. The van der Waals surface area contributed by atoms with E-state index in [4.69, 9.17) is 97.8 Å². The molecule has 0 spiro atoms. The molecule has 1 amide bonds. The Kier molecular flexibility index (Phi) is 21.2. The monoisotopic (exact) mass is 1050 g/mol. The van der Waals surface area contributed by atoms with Gasteiger partial charge in [-0.25, -0.2) is 19.6 Å². The predicted molar refractivity (Wildman–Crippen MR) is 254 cm³/mol. The van der Waals surface area contributed by atoms with Crippen LogP contribution in [0.3, 0.4) is 0 Å². The Morgan fingerprint density at radius 1 is 0.750 bits per heavy atom. The van der Waals surface area contributed by atoms with Gasteiger partial charge in [-0.05, 0) is 49.8 Å². The van der Waals surface area contributed by atoms with Crippen molar-refractivity contribution >= 4 is 149 Å². The Bertz CT molecular complexity index is 2330. The third-order valence-corrected chi connectivity index (χ3v) is 13.8. The first-order valence-corrected chi connectivity index (χ1v) is 23.0. The molecule has 5 aromatic rings. The van der Waals surface area contributed by atoms with Gasteiger partial charge in [-0.15, -0.1) is 22.7 Å². The molecule has 1 saturated heterocycles. The van der Waals surface area contributed by atoms with Crippen molar-refractivity contribution < 1.29 is 29.4 Å². The van der Waals surface area contributed by atoms with Gasteiger partial charge in [-0.3, -0.25) is 9.59 Å². The van der Waals surface area contributed by atoms with E-state index in [0.717, 1.165) is 30.0 Å². The number of ketones is 1. The highest BCUT2D eigenvalue weighted by atomic mass is 79.9. The maximum atomic E-state index is 13.1. The molecule has 2 fully saturated rings. The first-order chi connectivity index (χ1) is 28.0. The van der Waals surface area contributed by atoms with Crippen molar-refractivity contribution in [2.45, 2.75) is 52.0 Å². The minimum absolute atomic E-state index is 0. The van der Waals surface area contributed by atoms with E-state index in [1.54, 1.807) is 42.5 Å². The predicted octanol–water partition coefficient (Wildman–Crippen LogP) is 13.0. The summed E-state index contributed by atoms with van der Waals surface area (Å²) < 4.78 is 0. The zero-order valence-corrected chi connectivity index (χ0v) is 39.1. The number of benzene rings is 3. The molecule has 2 atom stereocenters. The maximum Gasteiger partial charge on any atom is 0.373 e. The van der Waals surface area contributed by atoms with Crippen molar-refractivity contribution in [2.24, 2.45) is 11.7 Å². The highest BCUT2D eigenvalue weighted by Crippen LogP contribution is 2.38. The number of Topliss-reactive ketones (excluding diaryl/α,β-unsaturated/α-hetero) is 1. The number of hydrogen-bond acceptors (Lipinski definition) is 9. The van der Waals surface area contributed by atoms with Gasteiger partial charge < -0.3 is 20.8 Å². The third kappa shape index (κ3) is 13.8. The topological polar surface area (TPSA) is 164 Å². The van der Waals surface area contributed by atoms with Crippen LogP contribution in [-0.4, -0.2) is 71.6 Å². The molecule has 0 bridgehead atoms. The number of likely N-dealkylation sites (tertiary alicyclic amines) is 1. The number of piperidine rings is 1. The summed E-state index contributed by atoms with van der Waals surface area (Å²) in [4.78, 5) is 54.0. The molecule has 10 nitrogen and oxygen atoms in total. The van der Waals surface area contributed by atoms with E-state index >= 15 is 0 Å². The van der Waals surface area contributed by atoms with Crippen molar-refractivity contribution in [1.29, 1.82) is 0 Å². The van der Waals surface area contributed by atoms with Crippen LogP contribution in [-0.2, 0) is 9.59 Å². The lowest BCUT2D eigenvalue weighted by Crippen LogP contribution is -2.49. The first kappa shape index (κ1) is 51.5. The van der Waals surface area contributed by atoms with Crippen LogP contribution in [0.2, 0.25) is 30.1 Å². The smallest absolute Gasteiger partial charge is 0.373 e. The van der Waals surface area contributed by atoms with Crippen molar-refractivity contribution in [3.8, 4) is 21.1 Å². The Hall–Kier alpha value is -2.89. The Morgan fingerprint density at radius 2 is 1.23 bits per heavy atom. The number of alkyl halides is 1. The molecule has 2 aromatic heterocycles. The fourth-order valence-corrected chi connectivity index (χ4v) is 9.51. The summed E-state index contributed by atoms with van der Waals surface area (Å²) in [6, 6.07) is 16.2. The van der Waals surface area contributed by atoms with E-state index < -0.39 is 17.7 Å². The molecule has 1 saturated carbocycles. The number of carbonyl (C=O) groups is 4. The van der Waals surface area contributed by atoms with Crippen molar-refractivity contribution in [2.75, 3.05) is 11.9 Å². The molecule has 0 radical (unpaired) electrons. The molecule has 60 heavy (non-hydrogen) atoms. The summed E-state index contributed by atoms with van der Waals surface area (Å²) in [6.07, 6.45) is 7.28. The summed E-state index contributed by atoms with van der Waals surface area (Å²) in [5.74, 6) is -2.53. The normalized spacial score (nSPS) is 15.2. The van der Waals surface area contributed by atoms with Gasteiger partial charge in [-0.2, -0.15) is 0 Å². The molecule has 320 valence electrons. The number of nitrogens with two attached hydrogens (primary N) is 1. The fourth-order valence-electron chi connectivity index (χ4n) is 6.10. The number of hydrogen-bond donors (Lipinski definition) is 3. The largest absolute Gasteiger partial charge is 0.476 e. The summed E-state index contributed by atoms with van der Waals surface area (Å²) >= 11 is 45.9. The molecule has 1 aliphatic carbocycles. The zero-order valence-electron chi connectivity index (χ0n) is 30.5. The number of carboxylic acid groups (broad SMARTS) is 2. The van der Waals surface area contributed by atoms with Crippen LogP contribution in [0.25, 0.3) is 21.1 Å². The van der Waals surface area contributed by atoms with Gasteiger partial charge in [-0.1, -0.05) is 154 Å². The summed E-state index contributed by atoms with van der Waals surface area (Å²) in [5, 5.41) is 23.7.